The number of nitrogens with zero attached hydrogens (tertiary/aromatic N) is 3. The Balaban J connectivity index is 1.60. The number of hydrogen-bond acceptors (Lipinski definition) is 8. The van der Waals surface area contributed by atoms with E-state index < -0.39 is 25.5 Å². The van der Waals surface area contributed by atoms with Crippen molar-refractivity contribution in [3.8, 4) is 0 Å². The zero-order chi connectivity index (χ0) is 24.7. The predicted octanol–water partition coefficient (Wildman–Crippen LogP) is 1.97. The van der Waals surface area contributed by atoms with Crippen molar-refractivity contribution in [3.05, 3.63) is 47.3 Å². The van der Waals surface area contributed by atoms with E-state index in [0.29, 0.717) is 36.9 Å². The molecule has 0 radical (unpaired) electrons. The molecule has 2 saturated heterocycles. The largest absolute Gasteiger partial charge is 0.386 e. The SMILES string of the molecule is CC1CS(=O)(=O)CCN1C[C@H]1CN(S(=O)(=O)c2cccs2)CCN1c1ccc(C(C)(C)O)cc1. The van der Waals surface area contributed by atoms with E-state index in [1.54, 1.807) is 35.7 Å². The molecule has 4 rings (SSSR count). The number of sulfone groups is 1. The zero-order valence-corrected chi connectivity index (χ0v) is 22.2. The smallest absolute Gasteiger partial charge is 0.252 e. The molecule has 3 heterocycles. The van der Waals surface area contributed by atoms with Gasteiger partial charge in [-0.25, -0.2) is 16.8 Å². The van der Waals surface area contributed by atoms with E-state index in [2.05, 4.69) is 9.80 Å². The topological polar surface area (TPSA) is 98.2 Å². The maximum absolute atomic E-state index is 13.2. The predicted molar refractivity (Wildman–Crippen MR) is 136 cm³/mol. The summed E-state index contributed by atoms with van der Waals surface area (Å²) in [6, 6.07) is 10.8. The maximum atomic E-state index is 13.2. The van der Waals surface area contributed by atoms with Crippen molar-refractivity contribution in [1.82, 2.24) is 9.21 Å². The van der Waals surface area contributed by atoms with Crippen LogP contribution in [0, 0.1) is 0 Å². The Hall–Kier alpha value is -1.50. The van der Waals surface area contributed by atoms with Crippen LogP contribution in [0.2, 0.25) is 0 Å². The molecule has 11 heteroatoms. The van der Waals surface area contributed by atoms with Gasteiger partial charge in [0, 0.05) is 44.5 Å². The van der Waals surface area contributed by atoms with E-state index >= 15 is 0 Å². The summed E-state index contributed by atoms with van der Waals surface area (Å²) in [6.07, 6.45) is 0. The van der Waals surface area contributed by atoms with Crippen LogP contribution < -0.4 is 4.90 Å². The molecule has 1 unspecified atom stereocenters. The van der Waals surface area contributed by atoms with Gasteiger partial charge >= 0.3 is 0 Å². The summed E-state index contributed by atoms with van der Waals surface area (Å²) in [4.78, 5) is 4.37. The molecule has 2 aliphatic heterocycles. The van der Waals surface area contributed by atoms with Gasteiger partial charge < -0.3 is 10.0 Å². The van der Waals surface area contributed by atoms with E-state index in [4.69, 9.17) is 0 Å². The maximum Gasteiger partial charge on any atom is 0.252 e. The van der Waals surface area contributed by atoms with Crippen molar-refractivity contribution in [1.29, 1.82) is 0 Å². The van der Waals surface area contributed by atoms with Crippen LogP contribution in [0.1, 0.15) is 26.3 Å². The van der Waals surface area contributed by atoms with Crippen molar-refractivity contribution in [2.75, 3.05) is 49.1 Å². The number of benzene rings is 1. The van der Waals surface area contributed by atoms with E-state index in [-0.39, 0.29) is 23.6 Å². The third-order valence-corrected chi connectivity index (χ3v) is 11.7. The molecule has 188 valence electrons. The first-order chi connectivity index (χ1) is 15.9. The second-order valence-electron chi connectivity index (χ2n) is 9.71. The molecule has 0 amide bonds. The lowest BCUT2D eigenvalue weighted by Crippen LogP contribution is -2.60. The second kappa shape index (κ2) is 9.51. The number of rotatable bonds is 6. The molecule has 2 fully saturated rings. The Morgan fingerprint density at radius 3 is 2.41 bits per heavy atom. The fraction of sp³-hybridized carbons (Fsp3) is 0.565. The standard InChI is InChI=1S/C23H33N3O5S3/c1-18-17-33(28,29)14-12-24(18)15-21-16-25(34(30,31)22-5-4-13-32-22)10-11-26(21)20-8-6-19(7-9-20)23(2,3)27/h4-9,13,18,21,27H,10-12,14-17H2,1-3H3/t18?,21-/m0/s1. The van der Waals surface area contributed by atoms with Crippen LogP contribution in [0.5, 0.6) is 0 Å². The summed E-state index contributed by atoms with van der Waals surface area (Å²) in [5.41, 5.74) is 0.824. The fourth-order valence-corrected chi connectivity index (χ4v) is 8.95. The molecule has 0 aliphatic carbocycles. The van der Waals surface area contributed by atoms with Crippen molar-refractivity contribution < 1.29 is 21.9 Å². The number of piperazine rings is 1. The highest BCUT2D eigenvalue weighted by Gasteiger charge is 2.38. The number of anilines is 1. The third-order valence-electron chi connectivity index (χ3n) is 6.69. The Morgan fingerprint density at radius 1 is 1.12 bits per heavy atom. The summed E-state index contributed by atoms with van der Waals surface area (Å²) >= 11 is 1.22. The van der Waals surface area contributed by atoms with Gasteiger partial charge in [0.05, 0.1) is 23.1 Å². The Bertz CT molecular complexity index is 1190. The molecule has 8 nitrogen and oxygen atoms in total. The van der Waals surface area contributed by atoms with Gasteiger partial charge in [-0.3, -0.25) is 4.90 Å². The lowest BCUT2D eigenvalue weighted by Gasteiger charge is -2.45. The van der Waals surface area contributed by atoms with Gasteiger partial charge in [0.2, 0.25) is 0 Å². The molecule has 0 bridgehead atoms. The normalized spacial score (nSPS) is 24.9. The van der Waals surface area contributed by atoms with E-state index in [9.17, 15) is 21.9 Å². The Labute approximate surface area is 206 Å². The average molecular weight is 528 g/mol. The molecule has 34 heavy (non-hydrogen) atoms. The number of thiophene rings is 1. The molecule has 1 aromatic heterocycles. The minimum atomic E-state index is -3.58. The van der Waals surface area contributed by atoms with Crippen molar-refractivity contribution in [2.45, 2.75) is 42.7 Å². The molecule has 0 spiro atoms. The molecular formula is C23H33N3O5S3. The molecule has 2 aromatic rings. The van der Waals surface area contributed by atoms with E-state index in [1.165, 1.54) is 11.3 Å². The van der Waals surface area contributed by atoms with Gasteiger partial charge in [0.15, 0.2) is 9.84 Å². The molecule has 1 aromatic carbocycles. The van der Waals surface area contributed by atoms with Gasteiger partial charge in [0.1, 0.15) is 4.21 Å². The number of sulfonamides is 1. The van der Waals surface area contributed by atoms with Crippen LogP contribution >= 0.6 is 11.3 Å². The van der Waals surface area contributed by atoms with Gasteiger partial charge in [-0.1, -0.05) is 18.2 Å². The molecular weight excluding hydrogens is 494 g/mol. The minimum absolute atomic E-state index is 0.122. The summed E-state index contributed by atoms with van der Waals surface area (Å²) < 4.78 is 52.5. The van der Waals surface area contributed by atoms with Crippen molar-refractivity contribution in [2.24, 2.45) is 0 Å². The fourth-order valence-electron chi connectivity index (χ4n) is 4.71. The van der Waals surface area contributed by atoms with Gasteiger partial charge in [-0.05, 0) is 49.9 Å². The van der Waals surface area contributed by atoms with Crippen LogP contribution in [0.15, 0.2) is 46.0 Å². The van der Waals surface area contributed by atoms with Crippen LogP contribution in [0.4, 0.5) is 5.69 Å². The summed E-state index contributed by atoms with van der Waals surface area (Å²) in [6.45, 7) is 7.64. The first kappa shape index (κ1) is 25.6. The van der Waals surface area contributed by atoms with Crippen LogP contribution in [0.3, 0.4) is 0 Å². The van der Waals surface area contributed by atoms with E-state index in [0.717, 1.165) is 11.3 Å². The summed E-state index contributed by atoms with van der Waals surface area (Å²) in [5, 5.41) is 12.1. The summed E-state index contributed by atoms with van der Waals surface area (Å²) in [7, 11) is -6.62. The van der Waals surface area contributed by atoms with Crippen molar-refractivity contribution in [3.63, 3.8) is 0 Å². The third kappa shape index (κ3) is 5.50. The van der Waals surface area contributed by atoms with Gasteiger partial charge in [0.25, 0.3) is 10.0 Å². The van der Waals surface area contributed by atoms with Crippen LogP contribution in [0.25, 0.3) is 0 Å². The Morgan fingerprint density at radius 2 is 1.82 bits per heavy atom. The van der Waals surface area contributed by atoms with Crippen LogP contribution in [-0.2, 0) is 25.5 Å². The molecule has 1 N–H and O–H groups in total. The monoisotopic (exact) mass is 527 g/mol. The highest BCUT2D eigenvalue weighted by molar-refractivity contribution is 7.91. The Kier molecular flexibility index (Phi) is 7.16. The quantitative estimate of drug-likeness (QED) is 0.613. The average Bonchev–Trinajstić information content (AvgIpc) is 3.31. The van der Waals surface area contributed by atoms with Gasteiger partial charge in [-0.2, -0.15) is 4.31 Å². The molecule has 2 aliphatic rings. The lowest BCUT2D eigenvalue weighted by molar-refractivity contribution is 0.0786. The lowest BCUT2D eigenvalue weighted by atomic mass is 9.98. The minimum Gasteiger partial charge on any atom is -0.386 e. The first-order valence-electron chi connectivity index (χ1n) is 11.4. The van der Waals surface area contributed by atoms with Gasteiger partial charge in [-0.15, -0.1) is 11.3 Å². The van der Waals surface area contributed by atoms with Crippen LogP contribution in [-0.4, -0.2) is 87.5 Å². The zero-order valence-electron chi connectivity index (χ0n) is 19.8. The highest BCUT2D eigenvalue weighted by atomic mass is 32.2. The molecule has 0 saturated carbocycles. The van der Waals surface area contributed by atoms with E-state index in [1.807, 2.05) is 31.2 Å². The second-order valence-corrected chi connectivity index (χ2v) is 15.0. The first-order valence-corrected chi connectivity index (χ1v) is 15.6. The molecule has 2 atom stereocenters. The number of hydrogen-bond donors (Lipinski definition) is 1. The number of aliphatic hydroxyl groups is 1. The summed E-state index contributed by atoms with van der Waals surface area (Å²) in [5.74, 6) is 0.249. The van der Waals surface area contributed by atoms with Crippen molar-refractivity contribution >= 4 is 36.9 Å². The highest BCUT2D eigenvalue weighted by Crippen LogP contribution is 2.29.